The highest BCUT2D eigenvalue weighted by atomic mass is 19.4. The molecule has 3 N–H and O–H groups in total. The van der Waals surface area contributed by atoms with Gasteiger partial charge in [-0.2, -0.15) is 13.2 Å². The number of alkyl halides is 3. The number of fused-ring (bicyclic) bond motifs is 1. The molecular weight excluding hydrogens is 460 g/mol. The standard InChI is InChI=1S/C20H9F6N3O4/c21-8-1-2-13(33-16-10(22)3-7(4-11(16)23)20(24,25)26)12(5-8)29-14(30)6-9-15(17(29)27)19(32)28-18(9)31/h1-6H,27H2,(H,28,31,32). The number of carbonyl (C=O) groups excluding carboxylic acids is 2. The highest BCUT2D eigenvalue weighted by Gasteiger charge is 2.34. The van der Waals surface area contributed by atoms with Crippen molar-refractivity contribution < 1.29 is 40.7 Å². The number of ether oxygens (including phenoxy) is 1. The molecule has 0 bridgehead atoms. The normalized spacial score (nSPS) is 13.2. The highest BCUT2D eigenvalue weighted by Crippen LogP contribution is 2.37. The first kappa shape index (κ1) is 21.9. The fourth-order valence-electron chi connectivity index (χ4n) is 3.21. The number of imide groups is 1. The van der Waals surface area contributed by atoms with E-state index < -0.39 is 75.1 Å². The predicted molar refractivity (Wildman–Crippen MR) is 99.6 cm³/mol. The zero-order valence-electron chi connectivity index (χ0n) is 15.9. The molecule has 170 valence electrons. The lowest BCUT2D eigenvalue weighted by atomic mass is 10.1. The number of aromatic nitrogens is 1. The highest BCUT2D eigenvalue weighted by molar-refractivity contribution is 6.23. The molecule has 13 heteroatoms. The van der Waals surface area contributed by atoms with Crippen molar-refractivity contribution in [2.75, 3.05) is 5.73 Å². The molecule has 0 atom stereocenters. The van der Waals surface area contributed by atoms with Crippen molar-refractivity contribution in [2.24, 2.45) is 0 Å². The summed E-state index contributed by atoms with van der Waals surface area (Å²) in [5, 5.41) is 1.92. The summed E-state index contributed by atoms with van der Waals surface area (Å²) in [6, 6.07) is 3.02. The second kappa shape index (κ2) is 7.39. The Morgan fingerprint density at radius 3 is 2.15 bits per heavy atom. The number of amides is 2. The number of nitrogens with zero attached hydrogens (tertiary/aromatic N) is 1. The number of halogens is 6. The lowest BCUT2D eigenvalue weighted by Crippen LogP contribution is -2.24. The van der Waals surface area contributed by atoms with E-state index in [0.717, 1.165) is 18.2 Å². The zero-order valence-corrected chi connectivity index (χ0v) is 15.9. The number of rotatable bonds is 3. The summed E-state index contributed by atoms with van der Waals surface area (Å²) < 4.78 is 86.4. The minimum atomic E-state index is -5.04. The maximum atomic E-state index is 14.3. The lowest BCUT2D eigenvalue weighted by Gasteiger charge is -2.17. The van der Waals surface area contributed by atoms with Gasteiger partial charge in [0.05, 0.1) is 22.4 Å². The van der Waals surface area contributed by atoms with Crippen molar-refractivity contribution >= 4 is 17.6 Å². The number of hydrogen-bond donors (Lipinski definition) is 2. The van der Waals surface area contributed by atoms with Gasteiger partial charge in [0.2, 0.25) is 0 Å². The van der Waals surface area contributed by atoms with Crippen molar-refractivity contribution in [2.45, 2.75) is 6.18 Å². The second-order valence-corrected chi connectivity index (χ2v) is 6.76. The van der Waals surface area contributed by atoms with Crippen LogP contribution in [0.25, 0.3) is 5.69 Å². The van der Waals surface area contributed by atoms with E-state index in [0.29, 0.717) is 10.6 Å². The summed E-state index contributed by atoms with van der Waals surface area (Å²) in [7, 11) is 0. The molecule has 2 heterocycles. The van der Waals surface area contributed by atoms with Crippen molar-refractivity contribution in [3.63, 3.8) is 0 Å². The fourth-order valence-corrected chi connectivity index (χ4v) is 3.21. The summed E-state index contributed by atoms with van der Waals surface area (Å²) in [5.74, 6) is -8.71. The van der Waals surface area contributed by atoms with Crippen LogP contribution in [0.4, 0.5) is 32.2 Å². The van der Waals surface area contributed by atoms with Crippen LogP contribution in [0.2, 0.25) is 0 Å². The Morgan fingerprint density at radius 1 is 0.909 bits per heavy atom. The average molecular weight is 469 g/mol. The number of nitrogens with one attached hydrogen (secondary N) is 1. The molecule has 0 aliphatic carbocycles. The van der Waals surface area contributed by atoms with Crippen molar-refractivity contribution in [3.8, 4) is 17.2 Å². The van der Waals surface area contributed by atoms with Crippen LogP contribution in [-0.4, -0.2) is 16.4 Å². The Labute approximate surface area is 179 Å². The molecule has 33 heavy (non-hydrogen) atoms. The van der Waals surface area contributed by atoms with Crippen molar-refractivity contribution in [3.05, 3.63) is 80.9 Å². The Bertz CT molecular complexity index is 1390. The second-order valence-electron chi connectivity index (χ2n) is 6.76. The molecule has 1 aliphatic heterocycles. The van der Waals surface area contributed by atoms with Gasteiger partial charge in [-0.05, 0) is 24.3 Å². The average Bonchev–Trinajstić information content (AvgIpc) is 2.98. The number of nitrogens with two attached hydrogens (primary N) is 1. The Morgan fingerprint density at radius 2 is 1.55 bits per heavy atom. The zero-order chi connectivity index (χ0) is 24.2. The van der Waals surface area contributed by atoms with E-state index in [9.17, 15) is 40.7 Å². The molecule has 0 spiro atoms. The first-order valence-corrected chi connectivity index (χ1v) is 8.83. The SMILES string of the molecule is Nc1c2c(cc(=O)n1-c1cc(F)ccc1Oc1c(F)cc(C(F)(F)F)cc1F)C(=O)NC2=O. The van der Waals surface area contributed by atoms with Crippen LogP contribution in [0.1, 0.15) is 26.3 Å². The monoisotopic (exact) mass is 469 g/mol. The number of carbonyl (C=O) groups is 2. The van der Waals surface area contributed by atoms with E-state index in [1.165, 1.54) is 0 Å². The number of nitrogen functional groups attached to an aromatic ring is 1. The molecule has 1 aliphatic rings. The molecule has 7 nitrogen and oxygen atoms in total. The van der Waals surface area contributed by atoms with Crippen LogP contribution in [0.15, 0.2) is 41.2 Å². The van der Waals surface area contributed by atoms with E-state index in [1.54, 1.807) is 0 Å². The van der Waals surface area contributed by atoms with Crippen LogP contribution in [-0.2, 0) is 6.18 Å². The van der Waals surface area contributed by atoms with Gasteiger partial charge in [0.25, 0.3) is 17.4 Å². The van der Waals surface area contributed by atoms with Crippen molar-refractivity contribution in [1.29, 1.82) is 0 Å². The Hall–Kier alpha value is -4.29. The molecule has 1 aromatic heterocycles. The maximum Gasteiger partial charge on any atom is 0.416 e. The van der Waals surface area contributed by atoms with E-state index in [4.69, 9.17) is 10.5 Å². The summed E-state index contributed by atoms with van der Waals surface area (Å²) in [4.78, 5) is 36.4. The molecule has 0 unspecified atom stereocenters. The first-order valence-electron chi connectivity index (χ1n) is 8.83. The van der Waals surface area contributed by atoms with E-state index in [-0.39, 0.29) is 17.7 Å². The van der Waals surface area contributed by atoms with Gasteiger partial charge in [-0.3, -0.25) is 24.3 Å². The molecule has 2 amide bonds. The maximum absolute atomic E-state index is 14.3. The van der Waals surface area contributed by atoms with E-state index in [2.05, 4.69) is 0 Å². The van der Waals surface area contributed by atoms with Crippen LogP contribution in [0, 0.1) is 17.5 Å². The largest absolute Gasteiger partial charge is 0.449 e. The van der Waals surface area contributed by atoms with Gasteiger partial charge in [-0.25, -0.2) is 13.2 Å². The van der Waals surface area contributed by atoms with Gasteiger partial charge in [0.15, 0.2) is 23.1 Å². The Balaban J connectivity index is 1.89. The summed E-state index contributed by atoms with van der Waals surface area (Å²) in [6.07, 6.45) is -5.04. The lowest BCUT2D eigenvalue weighted by molar-refractivity contribution is -0.138. The van der Waals surface area contributed by atoms with Gasteiger partial charge in [-0.1, -0.05) is 0 Å². The molecule has 0 saturated carbocycles. The van der Waals surface area contributed by atoms with Gasteiger partial charge in [-0.15, -0.1) is 0 Å². The molecule has 4 rings (SSSR count). The van der Waals surface area contributed by atoms with E-state index in [1.807, 2.05) is 5.32 Å². The van der Waals surface area contributed by atoms with Gasteiger partial charge in [0, 0.05) is 12.1 Å². The third-order valence-electron chi connectivity index (χ3n) is 4.65. The minimum Gasteiger partial charge on any atom is -0.449 e. The van der Waals surface area contributed by atoms with Gasteiger partial charge < -0.3 is 10.5 Å². The van der Waals surface area contributed by atoms with Crippen LogP contribution in [0.5, 0.6) is 11.5 Å². The first-order chi connectivity index (χ1) is 15.4. The van der Waals surface area contributed by atoms with Gasteiger partial charge in [0.1, 0.15) is 11.6 Å². The summed E-state index contributed by atoms with van der Waals surface area (Å²) >= 11 is 0. The Kier molecular flexibility index (Phi) is 4.91. The number of pyridine rings is 1. The number of benzene rings is 2. The van der Waals surface area contributed by atoms with Crippen LogP contribution < -0.4 is 21.3 Å². The summed E-state index contributed by atoms with van der Waals surface area (Å²) in [5.41, 5.74) is 1.95. The molecular formula is C20H9F6N3O4. The third kappa shape index (κ3) is 3.66. The van der Waals surface area contributed by atoms with Gasteiger partial charge >= 0.3 is 6.18 Å². The quantitative estimate of drug-likeness (QED) is 0.451. The molecule has 0 fully saturated rings. The number of hydrogen-bond acceptors (Lipinski definition) is 5. The predicted octanol–water partition coefficient (Wildman–Crippen LogP) is 3.53. The molecule has 2 aromatic carbocycles. The van der Waals surface area contributed by atoms with E-state index >= 15 is 0 Å². The number of anilines is 1. The minimum absolute atomic E-state index is 0.00646. The fraction of sp³-hybridized carbons (Fsp3) is 0.0500. The van der Waals surface area contributed by atoms with Crippen molar-refractivity contribution in [1.82, 2.24) is 9.88 Å². The summed E-state index contributed by atoms with van der Waals surface area (Å²) in [6.45, 7) is 0. The van der Waals surface area contributed by atoms with Crippen LogP contribution in [0.3, 0.4) is 0 Å². The molecule has 3 aromatic rings. The van der Waals surface area contributed by atoms with Crippen LogP contribution >= 0.6 is 0 Å². The third-order valence-corrected chi connectivity index (χ3v) is 4.65. The molecule has 0 saturated heterocycles. The topological polar surface area (TPSA) is 103 Å². The molecule has 0 radical (unpaired) electrons. The smallest absolute Gasteiger partial charge is 0.416 e.